The molecule has 18 heavy (non-hydrogen) atoms. The fourth-order valence-corrected chi connectivity index (χ4v) is 2.44. The summed E-state index contributed by atoms with van der Waals surface area (Å²) in [6, 6.07) is 7.97. The Morgan fingerprint density at radius 2 is 1.89 bits per heavy atom. The predicted octanol–water partition coefficient (Wildman–Crippen LogP) is 1.16. The van der Waals surface area contributed by atoms with Crippen LogP contribution in [0.5, 0.6) is 0 Å². The van der Waals surface area contributed by atoms with E-state index in [9.17, 15) is 5.11 Å². The molecule has 1 aromatic rings. The van der Waals surface area contributed by atoms with Crippen molar-refractivity contribution in [3.63, 3.8) is 0 Å². The van der Waals surface area contributed by atoms with E-state index in [0.29, 0.717) is 6.61 Å². The summed E-state index contributed by atoms with van der Waals surface area (Å²) in [6.07, 6.45) is 2.20. The zero-order chi connectivity index (χ0) is 12.8. The summed E-state index contributed by atoms with van der Waals surface area (Å²) in [5, 5.41) is 18.1. The van der Waals surface area contributed by atoms with Crippen LogP contribution in [0.2, 0.25) is 0 Å². The Kier molecular flexibility index (Phi) is 4.99. The Labute approximate surface area is 108 Å². The summed E-state index contributed by atoms with van der Waals surface area (Å²) in [4.78, 5) is 2.30. The molecule has 1 aliphatic heterocycles. The smallest absolute Gasteiger partial charge is 0.0702 e. The van der Waals surface area contributed by atoms with Crippen LogP contribution in [-0.2, 0) is 11.3 Å². The molecule has 0 aromatic heterocycles. The topological polar surface area (TPSA) is 52.9 Å². The lowest BCUT2D eigenvalue weighted by atomic mass is 10.1. The molecule has 2 N–H and O–H groups in total. The molecule has 0 atom stereocenters. The minimum Gasteiger partial charge on any atom is -0.394 e. The second kappa shape index (κ2) is 6.73. The third kappa shape index (κ3) is 3.22. The van der Waals surface area contributed by atoms with Gasteiger partial charge in [-0.25, -0.2) is 0 Å². The van der Waals surface area contributed by atoms with Crippen molar-refractivity contribution in [1.82, 2.24) is 0 Å². The number of piperidine rings is 1. The molecule has 4 heteroatoms. The van der Waals surface area contributed by atoms with Crippen LogP contribution in [0, 0.1) is 0 Å². The van der Waals surface area contributed by atoms with Crippen LogP contribution < -0.4 is 4.90 Å². The summed E-state index contributed by atoms with van der Waals surface area (Å²) in [5.41, 5.74) is 2.10. The van der Waals surface area contributed by atoms with Crippen molar-refractivity contribution >= 4 is 5.69 Å². The predicted molar refractivity (Wildman–Crippen MR) is 70.6 cm³/mol. The van der Waals surface area contributed by atoms with Crippen molar-refractivity contribution in [3.05, 3.63) is 29.8 Å². The van der Waals surface area contributed by atoms with E-state index in [2.05, 4.69) is 11.0 Å². The molecule has 1 heterocycles. The first-order valence-electron chi connectivity index (χ1n) is 6.51. The fourth-order valence-electron chi connectivity index (χ4n) is 2.44. The fraction of sp³-hybridized carbons (Fsp3) is 0.571. The molecule has 0 unspecified atom stereocenters. The quantitative estimate of drug-likeness (QED) is 0.824. The van der Waals surface area contributed by atoms with Crippen molar-refractivity contribution in [2.45, 2.75) is 25.6 Å². The lowest BCUT2D eigenvalue weighted by molar-refractivity contribution is 0.0159. The molecule has 100 valence electrons. The van der Waals surface area contributed by atoms with Gasteiger partial charge in [-0.2, -0.15) is 0 Å². The number of aliphatic hydroxyl groups excluding tert-OH is 2. The first-order chi connectivity index (χ1) is 8.85. The van der Waals surface area contributed by atoms with Crippen LogP contribution >= 0.6 is 0 Å². The van der Waals surface area contributed by atoms with Crippen molar-refractivity contribution in [3.8, 4) is 0 Å². The van der Waals surface area contributed by atoms with E-state index in [1.54, 1.807) is 0 Å². The summed E-state index contributed by atoms with van der Waals surface area (Å²) in [7, 11) is 0. The number of hydrogen-bond acceptors (Lipinski definition) is 4. The Morgan fingerprint density at radius 1 is 1.17 bits per heavy atom. The number of benzene rings is 1. The lowest BCUT2D eigenvalue weighted by Crippen LogP contribution is -2.37. The van der Waals surface area contributed by atoms with Crippen molar-refractivity contribution in [1.29, 1.82) is 0 Å². The van der Waals surface area contributed by atoms with E-state index in [1.807, 2.05) is 18.2 Å². The van der Waals surface area contributed by atoms with E-state index in [4.69, 9.17) is 9.84 Å². The first-order valence-corrected chi connectivity index (χ1v) is 6.51. The van der Waals surface area contributed by atoms with Crippen LogP contribution in [0.1, 0.15) is 18.4 Å². The van der Waals surface area contributed by atoms with Crippen LogP contribution in [0.25, 0.3) is 0 Å². The minimum atomic E-state index is 0.0805. The van der Waals surface area contributed by atoms with E-state index in [1.165, 1.54) is 0 Å². The molecular formula is C14H21NO3. The molecule has 1 aromatic carbocycles. The van der Waals surface area contributed by atoms with Gasteiger partial charge in [0.2, 0.25) is 0 Å². The third-order valence-corrected chi connectivity index (χ3v) is 3.39. The molecule has 0 bridgehead atoms. The van der Waals surface area contributed by atoms with Gasteiger partial charge in [0, 0.05) is 24.3 Å². The number of hydrogen-bond donors (Lipinski definition) is 2. The van der Waals surface area contributed by atoms with E-state index >= 15 is 0 Å². The Balaban J connectivity index is 1.92. The Morgan fingerprint density at radius 3 is 2.56 bits per heavy atom. The maximum Gasteiger partial charge on any atom is 0.0702 e. The maximum atomic E-state index is 9.34. The second-order valence-corrected chi connectivity index (χ2v) is 4.57. The molecule has 0 amide bonds. The van der Waals surface area contributed by atoms with Gasteiger partial charge in [-0.3, -0.25) is 0 Å². The average molecular weight is 251 g/mol. The Bertz CT molecular complexity index is 362. The first kappa shape index (κ1) is 13.3. The molecule has 4 nitrogen and oxygen atoms in total. The van der Waals surface area contributed by atoms with E-state index in [-0.39, 0.29) is 19.3 Å². The summed E-state index contributed by atoms with van der Waals surface area (Å²) >= 11 is 0. The molecular weight excluding hydrogens is 230 g/mol. The molecule has 0 saturated carbocycles. The monoisotopic (exact) mass is 251 g/mol. The number of nitrogens with zero attached hydrogens (tertiary/aromatic N) is 1. The summed E-state index contributed by atoms with van der Waals surface area (Å²) < 4.78 is 5.55. The highest BCUT2D eigenvalue weighted by Crippen LogP contribution is 2.25. The highest BCUT2D eigenvalue weighted by Gasteiger charge is 2.20. The zero-order valence-corrected chi connectivity index (χ0v) is 10.6. The maximum absolute atomic E-state index is 9.34. The van der Waals surface area contributed by atoms with Crippen molar-refractivity contribution < 1.29 is 14.9 Å². The van der Waals surface area contributed by atoms with E-state index < -0.39 is 0 Å². The van der Waals surface area contributed by atoms with Gasteiger partial charge in [0.25, 0.3) is 0 Å². The SMILES string of the molecule is OCCOC1CCN(c2ccccc2CO)CC1. The molecule has 1 aliphatic rings. The van der Waals surface area contributed by atoms with Crippen molar-refractivity contribution in [2.24, 2.45) is 0 Å². The van der Waals surface area contributed by atoms with Gasteiger partial charge in [-0.05, 0) is 18.9 Å². The van der Waals surface area contributed by atoms with Gasteiger partial charge >= 0.3 is 0 Å². The molecule has 1 saturated heterocycles. The van der Waals surface area contributed by atoms with Gasteiger partial charge in [0.15, 0.2) is 0 Å². The standard InChI is InChI=1S/C14H21NO3/c16-9-10-18-13-5-7-15(8-6-13)14-4-2-1-3-12(14)11-17/h1-4,13,16-17H,5-11H2. The van der Waals surface area contributed by atoms with E-state index in [0.717, 1.165) is 37.2 Å². The number of ether oxygens (including phenoxy) is 1. The number of anilines is 1. The lowest BCUT2D eigenvalue weighted by Gasteiger charge is -2.34. The summed E-state index contributed by atoms with van der Waals surface area (Å²) in [5.74, 6) is 0. The largest absolute Gasteiger partial charge is 0.394 e. The van der Waals surface area contributed by atoms with Crippen LogP contribution in [0.3, 0.4) is 0 Å². The number of para-hydroxylation sites is 1. The van der Waals surface area contributed by atoms with Gasteiger partial charge in [-0.15, -0.1) is 0 Å². The van der Waals surface area contributed by atoms with Gasteiger partial charge < -0.3 is 19.8 Å². The Hall–Kier alpha value is -1.10. The molecule has 1 fully saturated rings. The molecule has 0 spiro atoms. The number of rotatable bonds is 5. The van der Waals surface area contributed by atoms with Gasteiger partial charge in [0.1, 0.15) is 0 Å². The summed E-state index contributed by atoms with van der Waals surface area (Å²) in [6.45, 7) is 2.47. The van der Waals surface area contributed by atoms with Crippen molar-refractivity contribution in [2.75, 3.05) is 31.2 Å². The second-order valence-electron chi connectivity index (χ2n) is 4.57. The zero-order valence-electron chi connectivity index (χ0n) is 10.6. The average Bonchev–Trinajstić information content (AvgIpc) is 2.45. The van der Waals surface area contributed by atoms with Crippen LogP contribution in [-0.4, -0.2) is 42.6 Å². The molecule has 2 rings (SSSR count). The van der Waals surface area contributed by atoms with Crippen LogP contribution in [0.4, 0.5) is 5.69 Å². The molecule has 0 aliphatic carbocycles. The highest BCUT2D eigenvalue weighted by atomic mass is 16.5. The highest BCUT2D eigenvalue weighted by molar-refractivity contribution is 5.53. The third-order valence-electron chi connectivity index (χ3n) is 3.39. The number of aliphatic hydroxyl groups is 2. The van der Waals surface area contributed by atoms with Gasteiger partial charge in [-0.1, -0.05) is 18.2 Å². The normalized spacial score (nSPS) is 17.1. The molecule has 0 radical (unpaired) electrons. The van der Waals surface area contributed by atoms with Gasteiger partial charge in [0.05, 0.1) is 25.9 Å². The van der Waals surface area contributed by atoms with Crippen LogP contribution in [0.15, 0.2) is 24.3 Å². The minimum absolute atomic E-state index is 0.0805.